The Morgan fingerprint density at radius 2 is 1.76 bits per heavy atom. The molecule has 184 valence electrons. The van der Waals surface area contributed by atoms with Crippen LogP contribution in [-0.2, 0) is 29.1 Å². The number of rotatable bonds is 8. The number of nitrogens with two attached hydrogens (primary N) is 2. The molecule has 1 aromatic heterocycles. The average Bonchev–Trinajstić information content (AvgIpc) is 2.74. The van der Waals surface area contributed by atoms with Crippen LogP contribution in [-0.4, -0.2) is 45.4 Å². The van der Waals surface area contributed by atoms with Crippen LogP contribution in [0.3, 0.4) is 0 Å². The van der Waals surface area contributed by atoms with Crippen LogP contribution in [0.1, 0.15) is 38.8 Å². The highest BCUT2D eigenvalue weighted by molar-refractivity contribution is 5.97. The largest absolute Gasteiger partial charge is 0.383 e. The Kier molecular flexibility index (Phi) is 7.61. The van der Waals surface area contributed by atoms with Gasteiger partial charge in [-0.15, -0.1) is 0 Å². The van der Waals surface area contributed by atoms with Gasteiger partial charge in [-0.3, -0.25) is 28.8 Å². The van der Waals surface area contributed by atoms with E-state index in [1.807, 2.05) is 52.0 Å². The number of nitrogens with zero attached hydrogens (tertiary/aromatic N) is 3. The smallest absolute Gasteiger partial charge is 0.330 e. The van der Waals surface area contributed by atoms with Crippen LogP contribution in [0.5, 0.6) is 0 Å². The molecule has 1 unspecified atom stereocenters. The van der Waals surface area contributed by atoms with Crippen LogP contribution in [0.4, 0.5) is 11.5 Å². The van der Waals surface area contributed by atoms with E-state index in [0.717, 1.165) is 11.1 Å². The number of hydrogen-bond acceptors (Lipinski definition) is 6. The van der Waals surface area contributed by atoms with Crippen LogP contribution in [0.2, 0.25) is 0 Å². The summed E-state index contributed by atoms with van der Waals surface area (Å²) in [5.41, 5.74) is 12.6. The number of amides is 2. The van der Waals surface area contributed by atoms with Gasteiger partial charge in [0.25, 0.3) is 5.56 Å². The maximum atomic E-state index is 13.6. The summed E-state index contributed by atoms with van der Waals surface area (Å²) >= 11 is 0. The lowest BCUT2D eigenvalue weighted by atomic mass is 9.93. The fourth-order valence-electron chi connectivity index (χ4n) is 4.35. The van der Waals surface area contributed by atoms with Gasteiger partial charge in [0.15, 0.2) is 5.69 Å². The Hall–Kier alpha value is -3.40. The molecule has 1 aromatic carbocycles. The molecule has 0 radical (unpaired) electrons. The van der Waals surface area contributed by atoms with E-state index < -0.39 is 29.1 Å². The lowest BCUT2D eigenvalue weighted by molar-refractivity contribution is -0.126. The highest BCUT2D eigenvalue weighted by Crippen LogP contribution is 2.25. The standard InChI is InChI=1S/C24H34N6O4/c1-14(2)10-29(20-21(25)30(11-15(3)4)24(34)27-23(20)33)19(31)13-28-12-17-8-6-5-7-16(17)9-18(28)22(26)32/h5-8,14-15,18H,9-13,25H2,1-4H3,(H2,26,32)(H,27,33,34). The van der Waals surface area contributed by atoms with E-state index in [0.29, 0.717) is 19.5 Å². The highest BCUT2D eigenvalue weighted by Gasteiger charge is 2.34. The second-order valence-corrected chi connectivity index (χ2v) is 9.69. The molecule has 0 fully saturated rings. The van der Waals surface area contributed by atoms with Gasteiger partial charge in [0.2, 0.25) is 11.8 Å². The number of primary amides is 1. The van der Waals surface area contributed by atoms with Crippen LogP contribution < -0.4 is 27.6 Å². The van der Waals surface area contributed by atoms with E-state index in [1.54, 1.807) is 4.90 Å². The van der Waals surface area contributed by atoms with Crippen molar-refractivity contribution in [2.45, 2.75) is 53.2 Å². The molecule has 0 saturated carbocycles. The van der Waals surface area contributed by atoms with Gasteiger partial charge in [0.05, 0.1) is 12.6 Å². The fraction of sp³-hybridized carbons (Fsp3) is 0.500. The summed E-state index contributed by atoms with van der Waals surface area (Å²) in [5, 5.41) is 0. The number of fused-ring (bicyclic) bond motifs is 1. The minimum absolute atomic E-state index is 0.0160. The van der Waals surface area contributed by atoms with Crippen molar-refractivity contribution < 1.29 is 9.59 Å². The third-order valence-corrected chi connectivity index (χ3v) is 5.89. The summed E-state index contributed by atoms with van der Waals surface area (Å²) in [5.74, 6) is -0.848. The van der Waals surface area contributed by atoms with Crippen LogP contribution in [0.25, 0.3) is 0 Å². The van der Waals surface area contributed by atoms with E-state index in [2.05, 4.69) is 4.98 Å². The Bertz CT molecular complexity index is 1180. The third kappa shape index (κ3) is 5.39. The summed E-state index contributed by atoms with van der Waals surface area (Å²) in [6.07, 6.45) is 0.408. The van der Waals surface area contributed by atoms with E-state index in [1.165, 1.54) is 9.47 Å². The van der Waals surface area contributed by atoms with Gasteiger partial charge in [0.1, 0.15) is 5.82 Å². The zero-order valence-corrected chi connectivity index (χ0v) is 20.2. The Labute approximate surface area is 198 Å². The zero-order valence-electron chi connectivity index (χ0n) is 20.2. The van der Waals surface area contributed by atoms with E-state index >= 15 is 0 Å². The number of aromatic nitrogens is 2. The van der Waals surface area contributed by atoms with Crippen molar-refractivity contribution in [2.24, 2.45) is 17.6 Å². The molecular formula is C24H34N6O4. The van der Waals surface area contributed by atoms with Gasteiger partial charge in [-0.05, 0) is 29.4 Å². The number of H-pyrrole nitrogens is 1. The quantitative estimate of drug-likeness (QED) is 0.517. The minimum atomic E-state index is -0.716. The SMILES string of the molecule is CC(C)CN(C(=O)CN1Cc2ccccc2CC1C(N)=O)c1c(N)n(CC(C)C)c(=O)[nH]c1=O. The third-order valence-electron chi connectivity index (χ3n) is 5.89. The maximum Gasteiger partial charge on any atom is 0.330 e. The molecule has 0 saturated heterocycles. The van der Waals surface area contributed by atoms with Crippen molar-refractivity contribution in [2.75, 3.05) is 23.7 Å². The minimum Gasteiger partial charge on any atom is -0.383 e. The highest BCUT2D eigenvalue weighted by atomic mass is 16.2. The number of hydrogen-bond donors (Lipinski definition) is 3. The summed E-state index contributed by atoms with van der Waals surface area (Å²) in [7, 11) is 0. The van der Waals surface area contributed by atoms with Crippen molar-refractivity contribution >= 4 is 23.3 Å². The molecule has 2 heterocycles. The monoisotopic (exact) mass is 470 g/mol. The number of nitrogen functional groups attached to an aromatic ring is 1. The van der Waals surface area contributed by atoms with Crippen molar-refractivity contribution in [1.82, 2.24) is 14.5 Å². The van der Waals surface area contributed by atoms with Crippen LogP contribution in [0, 0.1) is 11.8 Å². The van der Waals surface area contributed by atoms with Crippen molar-refractivity contribution in [3.05, 3.63) is 56.2 Å². The predicted octanol–water partition coefficient (Wildman–Crippen LogP) is 0.676. The molecule has 1 aliphatic heterocycles. The van der Waals surface area contributed by atoms with Gasteiger partial charge < -0.3 is 16.4 Å². The van der Waals surface area contributed by atoms with Crippen LogP contribution >= 0.6 is 0 Å². The number of carbonyl (C=O) groups excluding carboxylic acids is 2. The number of anilines is 2. The van der Waals surface area contributed by atoms with Crippen molar-refractivity contribution in [1.29, 1.82) is 0 Å². The molecule has 3 rings (SSSR count). The normalized spacial score (nSPS) is 16.0. The molecule has 2 aromatic rings. The number of carbonyl (C=O) groups is 2. The van der Waals surface area contributed by atoms with E-state index in [9.17, 15) is 19.2 Å². The number of benzene rings is 1. The van der Waals surface area contributed by atoms with Gasteiger partial charge >= 0.3 is 5.69 Å². The summed E-state index contributed by atoms with van der Waals surface area (Å²) in [6.45, 7) is 8.44. The fourth-order valence-corrected chi connectivity index (χ4v) is 4.35. The molecule has 10 heteroatoms. The first-order valence-electron chi connectivity index (χ1n) is 11.5. The molecule has 10 nitrogen and oxygen atoms in total. The average molecular weight is 471 g/mol. The summed E-state index contributed by atoms with van der Waals surface area (Å²) in [6, 6.07) is 7.08. The number of aromatic amines is 1. The summed E-state index contributed by atoms with van der Waals surface area (Å²) < 4.78 is 1.28. The Morgan fingerprint density at radius 1 is 1.12 bits per heavy atom. The first kappa shape index (κ1) is 25.2. The molecule has 2 amide bonds. The molecule has 0 aliphatic carbocycles. The van der Waals surface area contributed by atoms with Crippen molar-refractivity contribution in [3.63, 3.8) is 0 Å². The molecule has 0 spiro atoms. The van der Waals surface area contributed by atoms with Gasteiger partial charge in [-0.1, -0.05) is 52.0 Å². The topological polar surface area (TPSA) is 148 Å². The molecule has 1 aliphatic rings. The molecular weight excluding hydrogens is 436 g/mol. The van der Waals surface area contributed by atoms with E-state index in [-0.39, 0.29) is 36.4 Å². The van der Waals surface area contributed by atoms with Gasteiger partial charge in [-0.2, -0.15) is 0 Å². The maximum absolute atomic E-state index is 13.6. The first-order valence-corrected chi connectivity index (χ1v) is 11.5. The van der Waals surface area contributed by atoms with E-state index in [4.69, 9.17) is 11.5 Å². The zero-order chi connectivity index (χ0) is 25.2. The predicted molar refractivity (Wildman–Crippen MR) is 131 cm³/mol. The lowest BCUT2D eigenvalue weighted by Gasteiger charge is -2.36. The Balaban J connectivity index is 1.99. The molecule has 5 N–H and O–H groups in total. The second kappa shape index (κ2) is 10.3. The first-order chi connectivity index (χ1) is 16.0. The molecule has 1 atom stereocenters. The second-order valence-electron chi connectivity index (χ2n) is 9.69. The van der Waals surface area contributed by atoms with Crippen molar-refractivity contribution in [3.8, 4) is 0 Å². The number of nitrogens with one attached hydrogen (secondary N) is 1. The molecule has 0 bridgehead atoms. The molecule has 34 heavy (non-hydrogen) atoms. The Morgan fingerprint density at radius 3 is 2.35 bits per heavy atom. The summed E-state index contributed by atoms with van der Waals surface area (Å²) in [4.78, 5) is 56.4. The van der Waals surface area contributed by atoms with Gasteiger partial charge in [-0.25, -0.2) is 4.79 Å². The van der Waals surface area contributed by atoms with Gasteiger partial charge in [0, 0.05) is 19.6 Å². The van der Waals surface area contributed by atoms with Crippen LogP contribution in [0.15, 0.2) is 33.9 Å². The lowest BCUT2D eigenvalue weighted by Crippen LogP contribution is -2.53.